The summed E-state index contributed by atoms with van der Waals surface area (Å²) in [7, 11) is -1.99. The number of hydrogen-bond donors (Lipinski definition) is 2. The molecule has 0 spiro atoms. The predicted molar refractivity (Wildman–Crippen MR) is 144 cm³/mol. The summed E-state index contributed by atoms with van der Waals surface area (Å²) in [6.45, 7) is 0. The van der Waals surface area contributed by atoms with Crippen LogP contribution >= 0.6 is 11.3 Å². The molecule has 2 N–H and O–H groups in total. The number of fused-ring (bicyclic) bond motifs is 1. The van der Waals surface area contributed by atoms with E-state index in [-0.39, 0.29) is 17.0 Å². The smallest absolute Gasteiger partial charge is 0.333 e. The first-order chi connectivity index (χ1) is 17.6. The highest BCUT2D eigenvalue weighted by Crippen LogP contribution is 2.45. The van der Waals surface area contributed by atoms with Crippen LogP contribution in [-0.2, 0) is 10.0 Å². The van der Waals surface area contributed by atoms with Crippen LogP contribution < -0.4 is 20.7 Å². The lowest BCUT2D eigenvalue weighted by molar-refractivity contribution is 0.415. The molecule has 2 heterocycles. The Morgan fingerprint density at radius 1 is 1.03 bits per heavy atom. The number of hydrogen-bond acceptors (Lipinski definition) is 6. The van der Waals surface area contributed by atoms with Gasteiger partial charge in [0.15, 0.2) is 5.82 Å². The van der Waals surface area contributed by atoms with Crippen molar-refractivity contribution < 1.29 is 17.5 Å². The number of rotatable bonds is 6. The van der Waals surface area contributed by atoms with E-state index < -0.39 is 27.1 Å². The lowest BCUT2D eigenvalue weighted by Crippen LogP contribution is -2.28. The van der Waals surface area contributed by atoms with Gasteiger partial charge in [0.25, 0.3) is 5.56 Å². The van der Waals surface area contributed by atoms with Gasteiger partial charge in [0.1, 0.15) is 5.75 Å². The van der Waals surface area contributed by atoms with Gasteiger partial charge in [-0.15, -0.1) is 11.3 Å². The molecule has 0 saturated carbocycles. The number of anilines is 1. The zero-order valence-corrected chi connectivity index (χ0v) is 21.2. The van der Waals surface area contributed by atoms with Crippen LogP contribution in [0.5, 0.6) is 5.75 Å². The van der Waals surface area contributed by atoms with Gasteiger partial charge in [-0.05, 0) is 52.0 Å². The van der Waals surface area contributed by atoms with Crippen molar-refractivity contribution in [1.82, 2.24) is 9.55 Å². The molecular formula is C26H20FN3O5S2. The summed E-state index contributed by atoms with van der Waals surface area (Å²) in [5.74, 6) is -0.420. The minimum absolute atomic E-state index is 0.0479. The number of methoxy groups -OCH3 is 1. The quantitative estimate of drug-likeness (QED) is 0.329. The van der Waals surface area contributed by atoms with Crippen molar-refractivity contribution >= 4 is 37.8 Å². The Morgan fingerprint density at radius 3 is 2.46 bits per heavy atom. The molecule has 0 bridgehead atoms. The molecular weight excluding hydrogens is 517 g/mol. The number of benzene rings is 3. The van der Waals surface area contributed by atoms with Crippen molar-refractivity contribution in [2.75, 3.05) is 18.1 Å². The van der Waals surface area contributed by atoms with Gasteiger partial charge in [-0.25, -0.2) is 17.6 Å². The van der Waals surface area contributed by atoms with Crippen LogP contribution in [0.2, 0.25) is 0 Å². The third-order valence-corrected chi connectivity index (χ3v) is 7.21. The maximum absolute atomic E-state index is 16.2. The van der Waals surface area contributed by atoms with Gasteiger partial charge in [-0.1, -0.05) is 24.3 Å². The Kier molecular flexibility index (Phi) is 6.18. The Hall–Kier alpha value is -4.22. The van der Waals surface area contributed by atoms with E-state index in [1.54, 1.807) is 36.4 Å². The number of sulfonamides is 1. The first kappa shape index (κ1) is 24.5. The van der Waals surface area contributed by atoms with Gasteiger partial charge in [-0.2, -0.15) is 0 Å². The lowest BCUT2D eigenvalue weighted by Gasteiger charge is -2.18. The average molecular weight is 538 g/mol. The summed E-state index contributed by atoms with van der Waals surface area (Å²) in [6, 6.07) is 16.6. The summed E-state index contributed by atoms with van der Waals surface area (Å²) in [5, 5.41) is 3.35. The highest BCUT2D eigenvalue weighted by Gasteiger charge is 2.24. The number of nitrogens with one attached hydrogen (secondary N) is 2. The zero-order chi connectivity index (χ0) is 26.3. The second-order valence-corrected chi connectivity index (χ2v) is 11.0. The van der Waals surface area contributed by atoms with E-state index in [0.717, 1.165) is 32.5 Å². The normalized spacial score (nSPS) is 11.5. The maximum atomic E-state index is 16.2. The molecule has 8 nitrogen and oxygen atoms in total. The second-order valence-electron chi connectivity index (χ2n) is 8.27. The topological polar surface area (TPSA) is 110 Å². The Labute approximate surface area is 214 Å². The summed E-state index contributed by atoms with van der Waals surface area (Å²) < 4.78 is 48.6. The fourth-order valence-corrected chi connectivity index (χ4v) is 5.47. The molecule has 188 valence electrons. The summed E-state index contributed by atoms with van der Waals surface area (Å²) in [6.07, 6.45) is 2.30. The standard InChI is InChI=1S/C26H20FN3O5S2/c1-35-25-19(21-4-3-11-36-21)14-20(30-10-9-22(31)28-26(30)32)24(27)23(25)17-6-5-16-13-18(29-37(2,33)34)8-7-15(16)12-17/h3-14,29H,1-2H3,(H,28,31,32). The van der Waals surface area contributed by atoms with Crippen LogP contribution in [0.25, 0.3) is 38.0 Å². The third-order valence-electron chi connectivity index (χ3n) is 5.70. The van der Waals surface area contributed by atoms with E-state index in [2.05, 4.69) is 9.71 Å². The molecule has 0 saturated heterocycles. The minimum atomic E-state index is -3.44. The van der Waals surface area contributed by atoms with Crippen LogP contribution in [0.1, 0.15) is 0 Å². The number of nitrogens with zero attached hydrogens (tertiary/aromatic N) is 1. The molecule has 0 aliphatic rings. The molecule has 37 heavy (non-hydrogen) atoms. The molecule has 3 aromatic carbocycles. The second kappa shape index (κ2) is 9.34. The molecule has 2 aromatic heterocycles. The van der Waals surface area contributed by atoms with Gasteiger partial charge in [0.2, 0.25) is 10.0 Å². The van der Waals surface area contributed by atoms with Crippen molar-refractivity contribution in [2.45, 2.75) is 0 Å². The number of halogens is 1. The molecule has 0 fully saturated rings. The van der Waals surface area contributed by atoms with Crippen LogP contribution in [0, 0.1) is 5.82 Å². The van der Waals surface area contributed by atoms with E-state index in [1.807, 2.05) is 17.5 Å². The van der Waals surface area contributed by atoms with Gasteiger partial charge >= 0.3 is 5.69 Å². The Balaban J connectivity index is 1.77. The SMILES string of the molecule is COc1c(-c2cccs2)cc(-n2ccc(=O)[nH]c2=O)c(F)c1-c1ccc2cc(NS(C)(=O)=O)ccc2c1. The van der Waals surface area contributed by atoms with Crippen molar-refractivity contribution in [3.63, 3.8) is 0 Å². The number of aromatic nitrogens is 2. The van der Waals surface area contributed by atoms with E-state index in [9.17, 15) is 18.0 Å². The Morgan fingerprint density at radius 2 is 1.78 bits per heavy atom. The fraction of sp³-hybridized carbons (Fsp3) is 0.0769. The van der Waals surface area contributed by atoms with Crippen molar-refractivity contribution in [3.05, 3.63) is 98.9 Å². The van der Waals surface area contributed by atoms with Crippen LogP contribution in [-0.4, -0.2) is 31.3 Å². The predicted octanol–water partition coefficient (Wildman–Crippen LogP) is 4.59. The molecule has 0 amide bonds. The molecule has 0 unspecified atom stereocenters. The largest absolute Gasteiger partial charge is 0.495 e. The van der Waals surface area contributed by atoms with Crippen LogP contribution in [0.4, 0.5) is 10.1 Å². The minimum Gasteiger partial charge on any atom is -0.495 e. The van der Waals surface area contributed by atoms with Crippen molar-refractivity contribution in [1.29, 1.82) is 0 Å². The van der Waals surface area contributed by atoms with Crippen LogP contribution in [0.15, 0.2) is 81.8 Å². The highest BCUT2D eigenvalue weighted by atomic mass is 32.2. The molecule has 0 aliphatic carbocycles. The van der Waals surface area contributed by atoms with Gasteiger partial charge < -0.3 is 4.74 Å². The molecule has 0 radical (unpaired) electrons. The number of H-pyrrole nitrogens is 1. The van der Waals surface area contributed by atoms with Crippen molar-refractivity contribution in [2.24, 2.45) is 0 Å². The highest BCUT2D eigenvalue weighted by molar-refractivity contribution is 7.92. The monoisotopic (exact) mass is 537 g/mol. The summed E-state index contributed by atoms with van der Waals surface area (Å²) in [4.78, 5) is 27.1. The summed E-state index contributed by atoms with van der Waals surface area (Å²) in [5.41, 5.74) is 0.204. The van der Waals surface area contributed by atoms with Crippen molar-refractivity contribution in [3.8, 4) is 33.0 Å². The van der Waals surface area contributed by atoms with Gasteiger partial charge in [0, 0.05) is 28.4 Å². The fourth-order valence-electron chi connectivity index (χ4n) is 4.17. The van der Waals surface area contributed by atoms with Gasteiger partial charge in [-0.3, -0.25) is 19.1 Å². The molecule has 5 aromatic rings. The van der Waals surface area contributed by atoms with E-state index in [0.29, 0.717) is 16.8 Å². The first-order valence-corrected chi connectivity index (χ1v) is 13.7. The number of ether oxygens (including phenoxy) is 1. The molecule has 5 rings (SSSR count). The lowest BCUT2D eigenvalue weighted by atomic mass is 9.96. The zero-order valence-electron chi connectivity index (χ0n) is 19.6. The third kappa shape index (κ3) is 4.78. The van der Waals surface area contributed by atoms with Gasteiger partial charge in [0.05, 0.1) is 24.6 Å². The van der Waals surface area contributed by atoms with Crippen LogP contribution in [0.3, 0.4) is 0 Å². The van der Waals surface area contributed by atoms with E-state index in [4.69, 9.17) is 4.74 Å². The van der Waals surface area contributed by atoms with E-state index >= 15 is 4.39 Å². The first-order valence-electron chi connectivity index (χ1n) is 10.9. The molecule has 0 atom stereocenters. The maximum Gasteiger partial charge on any atom is 0.333 e. The Bertz CT molecular complexity index is 1880. The summed E-state index contributed by atoms with van der Waals surface area (Å²) >= 11 is 1.43. The number of thiophene rings is 1. The molecule has 11 heteroatoms. The number of aromatic amines is 1. The average Bonchev–Trinajstić information content (AvgIpc) is 3.38. The molecule has 0 aliphatic heterocycles. The van der Waals surface area contributed by atoms with E-state index in [1.165, 1.54) is 30.7 Å².